The van der Waals surface area contributed by atoms with Crippen LogP contribution in [0.1, 0.15) is 23.2 Å². The molecule has 1 aromatic carbocycles. The smallest absolute Gasteiger partial charge is 0.283 e. The van der Waals surface area contributed by atoms with E-state index in [-0.39, 0.29) is 11.2 Å². The van der Waals surface area contributed by atoms with Crippen molar-refractivity contribution in [3.8, 4) is 0 Å². The Hall–Kier alpha value is -1.95. The maximum Gasteiger partial charge on any atom is 0.283 e. The number of aromatic nitrogens is 1. The molecule has 0 radical (unpaired) electrons. The summed E-state index contributed by atoms with van der Waals surface area (Å²) in [6.07, 6.45) is 2.93. The fourth-order valence-corrected chi connectivity index (χ4v) is 3.34. The zero-order valence-electron chi connectivity index (χ0n) is 11.2. The van der Waals surface area contributed by atoms with Gasteiger partial charge in [0, 0.05) is 17.8 Å². The molecule has 0 amide bonds. The Balaban J connectivity index is 2.06. The number of hydrogen-bond acceptors (Lipinski definition) is 3. The van der Waals surface area contributed by atoms with Crippen LogP contribution in [0.3, 0.4) is 0 Å². The summed E-state index contributed by atoms with van der Waals surface area (Å²) >= 11 is 3.29. The molecule has 6 heteroatoms. The molecule has 0 spiro atoms. The van der Waals surface area contributed by atoms with E-state index in [4.69, 9.17) is 0 Å². The minimum atomic E-state index is -0.425. The summed E-state index contributed by atoms with van der Waals surface area (Å²) in [5.74, 6) is 0. The number of hydrogen-bond donors (Lipinski definition) is 0. The Kier molecular flexibility index (Phi) is 3.63. The Morgan fingerprint density at radius 1 is 1.24 bits per heavy atom. The first-order valence-corrected chi connectivity index (χ1v) is 7.50. The van der Waals surface area contributed by atoms with Gasteiger partial charge < -0.3 is 4.57 Å². The molecule has 1 heterocycles. The topological polar surface area (TPSA) is 65.1 Å². The van der Waals surface area contributed by atoms with E-state index >= 15 is 0 Å². The number of nitrogens with zero attached hydrogens (tertiary/aromatic N) is 2. The van der Waals surface area contributed by atoms with Crippen LogP contribution in [0.4, 0.5) is 5.69 Å². The predicted octanol–water partition coefficient (Wildman–Crippen LogP) is 3.06. The van der Waals surface area contributed by atoms with Crippen molar-refractivity contribution in [3.63, 3.8) is 0 Å². The van der Waals surface area contributed by atoms with Crippen LogP contribution in [0.25, 0.3) is 0 Å². The molecule has 21 heavy (non-hydrogen) atoms. The SMILES string of the molecule is O=c1ccc2c(n1Cc1cccc([N+](=O)[O-])c1Br)CCC2. The number of nitro benzene ring substituents is 1. The Morgan fingerprint density at radius 3 is 2.81 bits per heavy atom. The first-order valence-electron chi connectivity index (χ1n) is 6.71. The molecule has 0 fully saturated rings. The van der Waals surface area contributed by atoms with Gasteiger partial charge in [-0.25, -0.2) is 0 Å². The van der Waals surface area contributed by atoms with Crippen LogP contribution < -0.4 is 5.56 Å². The zero-order chi connectivity index (χ0) is 15.0. The second kappa shape index (κ2) is 5.44. The number of fused-ring (bicyclic) bond motifs is 1. The molecular weight excluding hydrogens is 336 g/mol. The third-order valence-corrected chi connectivity index (χ3v) is 4.75. The highest BCUT2D eigenvalue weighted by Crippen LogP contribution is 2.29. The first kappa shape index (κ1) is 14.0. The lowest BCUT2D eigenvalue weighted by Crippen LogP contribution is -2.23. The summed E-state index contributed by atoms with van der Waals surface area (Å²) in [5.41, 5.74) is 2.96. The average molecular weight is 349 g/mol. The van der Waals surface area contributed by atoms with Crippen LogP contribution in [0.5, 0.6) is 0 Å². The number of aryl methyl sites for hydroxylation is 1. The number of nitro groups is 1. The summed E-state index contributed by atoms with van der Waals surface area (Å²) in [6, 6.07) is 8.37. The zero-order valence-corrected chi connectivity index (χ0v) is 12.8. The van der Waals surface area contributed by atoms with Gasteiger partial charge in [0.15, 0.2) is 0 Å². The summed E-state index contributed by atoms with van der Waals surface area (Å²) in [6.45, 7) is 0.351. The number of rotatable bonds is 3. The minimum absolute atomic E-state index is 0.0214. The van der Waals surface area contributed by atoms with Crippen molar-refractivity contribution in [2.75, 3.05) is 0 Å². The molecule has 2 aromatic rings. The molecule has 0 atom stereocenters. The van der Waals surface area contributed by atoms with E-state index < -0.39 is 4.92 Å². The van der Waals surface area contributed by atoms with Gasteiger partial charge in [-0.1, -0.05) is 18.2 Å². The van der Waals surface area contributed by atoms with E-state index in [2.05, 4.69) is 15.9 Å². The molecule has 5 nitrogen and oxygen atoms in total. The Morgan fingerprint density at radius 2 is 2.05 bits per heavy atom. The Labute approximate surface area is 129 Å². The van der Waals surface area contributed by atoms with E-state index in [1.807, 2.05) is 6.07 Å². The van der Waals surface area contributed by atoms with Gasteiger partial charge in [-0.15, -0.1) is 0 Å². The molecule has 0 aliphatic heterocycles. The van der Waals surface area contributed by atoms with Crippen molar-refractivity contribution < 1.29 is 4.92 Å². The molecule has 0 N–H and O–H groups in total. The number of halogens is 1. The van der Waals surface area contributed by atoms with Crippen molar-refractivity contribution in [2.45, 2.75) is 25.8 Å². The molecule has 3 rings (SSSR count). The summed E-state index contributed by atoms with van der Waals surface area (Å²) in [7, 11) is 0. The van der Waals surface area contributed by atoms with Crippen molar-refractivity contribution in [1.29, 1.82) is 0 Å². The summed E-state index contributed by atoms with van der Waals surface area (Å²) in [4.78, 5) is 22.7. The van der Waals surface area contributed by atoms with Crippen LogP contribution in [0.2, 0.25) is 0 Å². The van der Waals surface area contributed by atoms with E-state index in [9.17, 15) is 14.9 Å². The molecule has 1 aliphatic rings. The molecule has 0 saturated carbocycles. The third kappa shape index (κ3) is 2.51. The Bertz CT molecular complexity index is 783. The third-order valence-electron chi connectivity index (χ3n) is 3.83. The van der Waals surface area contributed by atoms with E-state index in [0.717, 1.165) is 30.5 Å². The normalized spacial score (nSPS) is 13.2. The highest BCUT2D eigenvalue weighted by atomic mass is 79.9. The fourth-order valence-electron chi connectivity index (χ4n) is 2.81. The van der Waals surface area contributed by atoms with E-state index in [0.29, 0.717) is 11.0 Å². The van der Waals surface area contributed by atoms with Crippen LogP contribution in [0.15, 0.2) is 39.6 Å². The summed E-state index contributed by atoms with van der Waals surface area (Å²) in [5, 5.41) is 11.0. The summed E-state index contributed by atoms with van der Waals surface area (Å²) < 4.78 is 2.17. The molecule has 1 aromatic heterocycles. The largest absolute Gasteiger partial charge is 0.308 e. The highest BCUT2D eigenvalue weighted by Gasteiger charge is 2.19. The van der Waals surface area contributed by atoms with Crippen LogP contribution in [-0.4, -0.2) is 9.49 Å². The molecule has 108 valence electrons. The number of pyridine rings is 1. The van der Waals surface area contributed by atoms with Crippen LogP contribution >= 0.6 is 15.9 Å². The van der Waals surface area contributed by atoms with E-state index in [1.165, 1.54) is 11.6 Å². The lowest BCUT2D eigenvalue weighted by atomic mass is 10.1. The van der Waals surface area contributed by atoms with E-state index in [1.54, 1.807) is 22.8 Å². The maximum absolute atomic E-state index is 12.1. The van der Waals surface area contributed by atoms with Crippen LogP contribution in [0, 0.1) is 10.1 Å². The second-order valence-electron chi connectivity index (χ2n) is 5.09. The number of benzene rings is 1. The maximum atomic E-state index is 12.1. The monoisotopic (exact) mass is 348 g/mol. The van der Waals surface area contributed by atoms with Gasteiger partial charge in [-0.2, -0.15) is 0 Å². The molecule has 0 unspecified atom stereocenters. The van der Waals surface area contributed by atoms with Gasteiger partial charge in [0.25, 0.3) is 11.2 Å². The molecular formula is C15H13BrN2O3. The molecule has 1 aliphatic carbocycles. The highest BCUT2D eigenvalue weighted by molar-refractivity contribution is 9.10. The second-order valence-corrected chi connectivity index (χ2v) is 5.88. The van der Waals surface area contributed by atoms with Gasteiger partial charge in [-0.05, 0) is 46.3 Å². The standard InChI is InChI=1S/C15H13BrN2O3/c16-15-11(4-2-6-13(15)18(20)21)9-17-12-5-1-3-10(12)7-8-14(17)19/h2,4,6-8H,1,3,5,9H2. The predicted molar refractivity (Wildman–Crippen MR) is 82.6 cm³/mol. The van der Waals surface area contributed by atoms with Gasteiger partial charge in [0.1, 0.15) is 4.47 Å². The van der Waals surface area contributed by atoms with Crippen LogP contribution in [-0.2, 0) is 19.4 Å². The van der Waals surface area contributed by atoms with Crippen molar-refractivity contribution in [2.24, 2.45) is 0 Å². The molecule has 0 bridgehead atoms. The average Bonchev–Trinajstić information content (AvgIpc) is 2.92. The quantitative estimate of drug-likeness (QED) is 0.632. The van der Waals surface area contributed by atoms with Gasteiger partial charge in [0.2, 0.25) is 0 Å². The van der Waals surface area contributed by atoms with Crippen molar-refractivity contribution in [3.05, 3.63) is 72.1 Å². The minimum Gasteiger partial charge on any atom is -0.308 e. The van der Waals surface area contributed by atoms with Gasteiger partial charge >= 0.3 is 0 Å². The van der Waals surface area contributed by atoms with Crippen molar-refractivity contribution >= 4 is 21.6 Å². The van der Waals surface area contributed by atoms with Crippen molar-refractivity contribution in [1.82, 2.24) is 4.57 Å². The lowest BCUT2D eigenvalue weighted by molar-refractivity contribution is -0.385. The lowest BCUT2D eigenvalue weighted by Gasteiger charge is -2.13. The first-order chi connectivity index (χ1) is 10.1. The van der Waals surface area contributed by atoms with Gasteiger partial charge in [-0.3, -0.25) is 14.9 Å². The van der Waals surface area contributed by atoms with Gasteiger partial charge in [0.05, 0.1) is 11.5 Å². The fraction of sp³-hybridized carbons (Fsp3) is 0.267. The molecule has 0 saturated heterocycles.